The highest BCUT2D eigenvalue weighted by molar-refractivity contribution is 7.80. The summed E-state index contributed by atoms with van der Waals surface area (Å²) < 4.78 is 2.68. The molecule has 1 unspecified atom stereocenters. The smallest absolute Gasteiger partial charge is 0.158 e. The standard InChI is InChI=1S/C12H27NOSSi2/c1-8-9-11(10-12(14)15)13(16(2,3)4)17(5,6)7/h8,11H,1,9-10H2,2-7H3,(H,14,15). The van der Waals surface area contributed by atoms with Crippen LogP contribution in [-0.2, 0) is 0 Å². The van der Waals surface area contributed by atoms with E-state index in [0.29, 0.717) is 12.5 Å². The molecule has 17 heavy (non-hydrogen) atoms. The van der Waals surface area contributed by atoms with E-state index in [-0.39, 0.29) is 5.05 Å². The minimum Gasteiger partial charge on any atom is -0.502 e. The molecule has 0 heterocycles. The maximum Gasteiger partial charge on any atom is 0.158 e. The van der Waals surface area contributed by atoms with Gasteiger partial charge in [-0.1, -0.05) is 45.4 Å². The normalized spacial score (nSPS) is 14.8. The van der Waals surface area contributed by atoms with Crippen molar-refractivity contribution in [3.05, 3.63) is 12.7 Å². The van der Waals surface area contributed by atoms with Crippen LogP contribution in [0.4, 0.5) is 0 Å². The Kier molecular flexibility index (Phi) is 6.28. The Morgan fingerprint density at radius 2 is 1.65 bits per heavy atom. The van der Waals surface area contributed by atoms with Gasteiger partial charge < -0.3 is 9.34 Å². The summed E-state index contributed by atoms with van der Waals surface area (Å²) in [6.45, 7) is 18.0. The molecule has 1 atom stereocenters. The van der Waals surface area contributed by atoms with Gasteiger partial charge >= 0.3 is 0 Å². The summed E-state index contributed by atoms with van der Waals surface area (Å²) in [4.78, 5) is 0. The van der Waals surface area contributed by atoms with E-state index < -0.39 is 16.5 Å². The van der Waals surface area contributed by atoms with Crippen molar-refractivity contribution in [2.45, 2.75) is 58.2 Å². The van der Waals surface area contributed by atoms with Gasteiger partial charge in [0.15, 0.2) is 5.05 Å². The summed E-state index contributed by atoms with van der Waals surface area (Å²) in [6, 6.07) is 0.323. The fraction of sp³-hybridized carbons (Fsp3) is 0.750. The molecule has 0 aromatic carbocycles. The van der Waals surface area contributed by atoms with Crippen molar-refractivity contribution in [1.29, 1.82) is 0 Å². The van der Waals surface area contributed by atoms with Crippen LogP contribution in [0.15, 0.2) is 12.7 Å². The van der Waals surface area contributed by atoms with E-state index in [2.05, 4.69) is 50.1 Å². The van der Waals surface area contributed by atoms with Crippen LogP contribution in [0.1, 0.15) is 12.8 Å². The third kappa shape index (κ3) is 5.94. The second-order valence-corrected chi connectivity index (χ2v) is 17.1. The molecule has 2 nitrogen and oxygen atoms in total. The molecule has 0 amide bonds. The number of aliphatic hydroxyl groups excluding tert-OH is 1. The van der Waals surface area contributed by atoms with Crippen molar-refractivity contribution < 1.29 is 5.11 Å². The van der Waals surface area contributed by atoms with Crippen LogP contribution in [0.25, 0.3) is 0 Å². The first-order valence-corrected chi connectivity index (χ1v) is 13.4. The molecule has 0 saturated heterocycles. The zero-order valence-electron chi connectivity index (χ0n) is 12.1. The maximum atomic E-state index is 9.43. The van der Waals surface area contributed by atoms with Gasteiger partial charge in [0.05, 0.1) is 0 Å². The molecule has 0 aromatic heterocycles. The first kappa shape index (κ1) is 17.0. The number of hydrogen-bond acceptors (Lipinski definition) is 2. The van der Waals surface area contributed by atoms with Crippen molar-refractivity contribution in [2.75, 3.05) is 0 Å². The zero-order valence-corrected chi connectivity index (χ0v) is 14.9. The third-order valence-electron chi connectivity index (χ3n) is 2.66. The van der Waals surface area contributed by atoms with Gasteiger partial charge in [-0.25, -0.2) is 0 Å². The van der Waals surface area contributed by atoms with Gasteiger partial charge in [-0.2, -0.15) is 0 Å². The Balaban J connectivity index is 5.22. The molecule has 5 heteroatoms. The lowest BCUT2D eigenvalue weighted by molar-refractivity contribution is 0.428. The van der Waals surface area contributed by atoms with Crippen LogP contribution in [0.5, 0.6) is 0 Å². The molecule has 1 N–H and O–H groups in total. The van der Waals surface area contributed by atoms with Gasteiger partial charge in [-0.05, 0) is 18.6 Å². The van der Waals surface area contributed by atoms with Gasteiger partial charge in [-0.15, -0.1) is 6.58 Å². The number of hydrogen-bond donors (Lipinski definition) is 1. The van der Waals surface area contributed by atoms with Gasteiger partial charge in [0, 0.05) is 12.5 Å². The minimum absolute atomic E-state index is 0.123. The molecule has 0 bridgehead atoms. The topological polar surface area (TPSA) is 23.5 Å². The van der Waals surface area contributed by atoms with E-state index >= 15 is 0 Å². The van der Waals surface area contributed by atoms with E-state index in [9.17, 15) is 5.11 Å². The molecule has 0 aromatic rings. The van der Waals surface area contributed by atoms with E-state index in [4.69, 9.17) is 12.2 Å². The summed E-state index contributed by atoms with van der Waals surface area (Å²) in [5.74, 6) is 0. The molecule has 0 fully saturated rings. The molecule has 0 radical (unpaired) electrons. The van der Waals surface area contributed by atoms with E-state index in [1.54, 1.807) is 0 Å². The van der Waals surface area contributed by atoms with Crippen LogP contribution < -0.4 is 0 Å². The molecule has 0 aliphatic heterocycles. The van der Waals surface area contributed by atoms with Gasteiger partial charge in [0.1, 0.15) is 16.5 Å². The molecule has 0 spiro atoms. The Morgan fingerprint density at radius 3 is 1.88 bits per heavy atom. The predicted octanol–water partition coefficient (Wildman–Crippen LogP) is 4.18. The van der Waals surface area contributed by atoms with Gasteiger partial charge in [0.25, 0.3) is 0 Å². The van der Waals surface area contributed by atoms with E-state index in [0.717, 1.165) is 6.42 Å². The largest absolute Gasteiger partial charge is 0.502 e. The minimum atomic E-state index is -1.41. The van der Waals surface area contributed by atoms with Gasteiger partial charge in [0.2, 0.25) is 0 Å². The highest BCUT2D eigenvalue weighted by Gasteiger charge is 2.38. The lowest BCUT2D eigenvalue weighted by Gasteiger charge is -2.48. The van der Waals surface area contributed by atoms with Crippen LogP contribution in [0.3, 0.4) is 0 Å². The quantitative estimate of drug-likeness (QED) is 0.432. The second kappa shape index (κ2) is 6.27. The Bertz CT molecular complexity index is 267. The average Bonchev–Trinajstić information content (AvgIpc) is 1.96. The van der Waals surface area contributed by atoms with Crippen molar-refractivity contribution in [2.24, 2.45) is 0 Å². The molecule has 100 valence electrons. The number of aliphatic hydroxyl groups is 1. The summed E-state index contributed by atoms with van der Waals surface area (Å²) in [5, 5.41) is 9.55. The monoisotopic (exact) mass is 289 g/mol. The predicted molar refractivity (Wildman–Crippen MR) is 87.0 cm³/mol. The van der Waals surface area contributed by atoms with Crippen LogP contribution in [-0.4, -0.2) is 36.9 Å². The third-order valence-corrected chi connectivity index (χ3v) is 10.5. The average molecular weight is 290 g/mol. The van der Waals surface area contributed by atoms with Gasteiger partial charge in [-0.3, -0.25) is 0 Å². The number of rotatable bonds is 7. The van der Waals surface area contributed by atoms with E-state index in [1.165, 1.54) is 0 Å². The summed E-state index contributed by atoms with van der Waals surface area (Å²) in [5.41, 5.74) is 0. The fourth-order valence-electron chi connectivity index (χ4n) is 2.78. The first-order chi connectivity index (χ1) is 7.50. The summed E-state index contributed by atoms with van der Waals surface area (Å²) in [7, 11) is -2.83. The Morgan fingerprint density at radius 1 is 1.24 bits per heavy atom. The maximum absolute atomic E-state index is 9.43. The lowest BCUT2D eigenvalue weighted by Crippen LogP contribution is -2.63. The summed E-state index contributed by atoms with van der Waals surface area (Å²) >= 11 is 4.88. The van der Waals surface area contributed by atoms with Crippen LogP contribution in [0.2, 0.25) is 39.3 Å². The SMILES string of the molecule is C=CCC(CC(O)=S)N([Si](C)(C)C)[Si](C)(C)C. The molecule has 0 aliphatic rings. The van der Waals surface area contributed by atoms with Crippen molar-refractivity contribution >= 4 is 33.7 Å². The molecular formula is C12H27NOSSi2. The molecule has 0 aliphatic carbocycles. The van der Waals surface area contributed by atoms with Crippen molar-refractivity contribution in [3.8, 4) is 0 Å². The molecule has 0 saturated carbocycles. The van der Waals surface area contributed by atoms with Crippen LogP contribution >= 0.6 is 12.2 Å². The Hall–Kier alpha value is 0.0238. The van der Waals surface area contributed by atoms with Crippen molar-refractivity contribution in [3.63, 3.8) is 0 Å². The zero-order chi connectivity index (χ0) is 13.9. The Labute approximate surface area is 114 Å². The second-order valence-electron chi connectivity index (χ2n) is 6.49. The number of thiocarbonyl (C=S) groups is 1. The lowest BCUT2D eigenvalue weighted by atomic mass is 10.1. The highest BCUT2D eigenvalue weighted by atomic mass is 32.1. The fourth-order valence-corrected chi connectivity index (χ4v) is 13.6. The summed E-state index contributed by atoms with van der Waals surface area (Å²) in [6.07, 6.45) is 3.43. The van der Waals surface area contributed by atoms with Crippen molar-refractivity contribution in [1.82, 2.24) is 4.23 Å². The van der Waals surface area contributed by atoms with E-state index in [1.807, 2.05) is 6.08 Å². The highest BCUT2D eigenvalue weighted by Crippen LogP contribution is 2.26. The molecular weight excluding hydrogens is 262 g/mol. The molecule has 0 rings (SSSR count). The number of nitrogens with zero attached hydrogens (tertiary/aromatic N) is 1. The van der Waals surface area contributed by atoms with Crippen LogP contribution in [0, 0.1) is 0 Å². The first-order valence-electron chi connectivity index (χ1n) is 6.12.